The normalized spacial score (nSPS) is 15.0. The number of carboxylic acids is 1. The number of carbonyl (C=O) groups excluding carboxylic acids is 1. The molecular formula is C18H39N3O4S. The lowest BCUT2D eigenvalue weighted by molar-refractivity contribution is -0.895. The molecule has 0 aliphatic rings. The first-order chi connectivity index (χ1) is 12.0. The van der Waals surface area contributed by atoms with Crippen LogP contribution in [0.15, 0.2) is 0 Å². The Balaban J connectivity index is 4.28. The van der Waals surface area contributed by atoms with Gasteiger partial charge in [0.15, 0.2) is 6.17 Å². The van der Waals surface area contributed by atoms with Crippen LogP contribution in [0.2, 0.25) is 0 Å². The minimum absolute atomic E-state index is 0.150. The number of nitrogens with two attached hydrogens (primary N) is 1. The van der Waals surface area contributed by atoms with Gasteiger partial charge < -0.3 is 14.4 Å². The Hall–Kier alpha value is -0.700. The van der Waals surface area contributed by atoms with E-state index < -0.39 is 33.8 Å². The number of nitrogens with zero attached hydrogens (tertiary/aromatic N) is 1. The zero-order valence-corrected chi connectivity index (χ0v) is 17.8. The molecule has 0 aliphatic carbocycles. The second-order valence-corrected chi connectivity index (χ2v) is 9.97. The van der Waals surface area contributed by atoms with Crippen LogP contribution in [0.5, 0.6) is 0 Å². The summed E-state index contributed by atoms with van der Waals surface area (Å²) >= 11 is 0. The molecule has 8 heteroatoms. The predicted octanol–water partition coefficient (Wildman–Crippen LogP) is 0.936. The van der Waals surface area contributed by atoms with Crippen LogP contribution in [0, 0.1) is 0 Å². The molecular weight excluding hydrogens is 354 g/mol. The van der Waals surface area contributed by atoms with Crippen molar-refractivity contribution in [2.24, 2.45) is 5.73 Å². The highest BCUT2D eigenvalue weighted by Gasteiger charge is 2.38. The maximum Gasteiger partial charge on any atom is 0.222 e. The summed E-state index contributed by atoms with van der Waals surface area (Å²) in [5.74, 6) is -1.41. The molecule has 0 aromatic heterocycles. The van der Waals surface area contributed by atoms with Gasteiger partial charge in [-0.2, -0.15) is 0 Å². The highest BCUT2D eigenvalue weighted by molar-refractivity contribution is 7.90. The molecule has 2 unspecified atom stereocenters. The van der Waals surface area contributed by atoms with Gasteiger partial charge in [-0.1, -0.05) is 58.3 Å². The molecule has 0 radical (unpaired) electrons. The number of rotatable bonds is 16. The SMILES string of the molecule is CCCCCCCCCCCNS(=O)(=O)C(CC(=O)[O-])C(N)[N+](C)(C)C. The molecule has 0 saturated carbocycles. The largest absolute Gasteiger partial charge is 0.550 e. The number of aliphatic carboxylic acids is 1. The van der Waals surface area contributed by atoms with E-state index >= 15 is 0 Å². The summed E-state index contributed by atoms with van der Waals surface area (Å²) in [7, 11) is 1.40. The minimum atomic E-state index is -3.82. The van der Waals surface area contributed by atoms with Crippen molar-refractivity contribution in [3.63, 3.8) is 0 Å². The number of carboxylic acid groups (broad SMARTS) is 1. The third-order valence-corrected chi connectivity index (χ3v) is 6.47. The third kappa shape index (κ3) is 11.1. The van der Waals surface area contributed by atoms with Crippen molar-refractivity contribution in [1.29, 1.82) is 0 Å². The molecule has 26 heavy (non-hydrogen) atoms. The van der Waals surface area contributed by atoms with Gasteiger partial charge in [0, 0.05) is 18.9 Å². The van der Waals surface area contributed by atoms with E-state index in [4.69, 9.17) is 5.73 Å². The van der Waals surface area contributed by atoms with Crippen LogP contribution in [0.3, 0.4) is 0 Å². The van der Waals surface area contributed by atoms with Gasteiger partial charge >= 0.3 is 0 Å². The van der Waals surface area contributed by atoms with Gasteiger partial charge in [-0.15, -0.1) is 0 Å². The summed E-state index contributed by atoms with van der Waals surface area (Å²) in [6.07, 6.45) is 8.85. The van der Waals surface area contributed by atoms with E-state index in [1.54, 1.807) is 21.1 Å². The number of nitrogens with one attached hydrogen (secondary N) is 1. The standard InChI is InChI=1S/C18H39N3O4S/c1-5-6-7-8-9-10-11-12-13-14-20-26(24,25)16(15-17(22)23)18(19)21(2,3)4/h16,18,20H,5-15,19H2,1-4H3. The van der Waals surface area contributed by atoms with Gasteiger partial charge in [-0.25, -0.2) is 13.1 Å². The summed E-state index contributed by atoms with van der Waals surface area (Å²) in [6.45, 7) is 2.51. The highest BCUT2D eigenvalue weighted by Crippen LogP contribution is 2.14. The van der Waals surface area contributed by atoms with E-state index in [1.165, 1.54) is 38.5 Å². The third-order valence-electron chi connectivity index (χ3n) is 4.63. The van der Waals surface area contributed by atoms with Crippen LogP contribution in [-0.2, 0) is 14.8 Å². The topological polar surface area (TPSA) is 112 Å². The Morgan fingerprint density at radius 1 is 1.00 bits per heavy atom. The lowest BCUT2D eigenvalue weighted by Gasteiger charge is -2.36. The molecule has 0 aromatic carbocycles. The first kappa shape index (κ1) is 25.3. The average Bonchev–Trinajstić information content (AvgIpc) is 2.52. The number of hydrogen-bond donors (Lipinski definition) is 2. The first-order valence-corrected chi connectivity index (χ1v) is 11.3. The average molecular weight is 394 g/mol. The minimum Gasteiger partial charge on any atom is -0.550 e. The maximum absolute atomic E-state index is 12.5. The van der Waals surface area contributed by atoms with Gasteiger partial charge in [0.2, 0.25) is 10.0 Å². The Morgan fingerprint density at radius 2 is 1.46 bits per heavy atom. The van der Waals surface area contributed by atoms with Gasteiger partial charge in [0.1, 0.15) is 5.25 Å². The van der Waals surface area contributed by atoms with E-state index in [1.807, 2.05) is 0 Å². The molecule has 0 aromatic rings. The van der Waals surface area contributed by atoms with Crippen molar-refractivity contribution in [2.45, 2.75) is 82.5 Å². The Morgan fingerprint density at radius 3 is 1.88 bits per heavy atom. The second kappa shape index (κ2) is 12.6. The molecule has 3 N–H and O–H groups in total. The molecule has 0 amide bonds. The highest BCUT2D eigenvalue weighted by atomic mass is 32.2. The summed E-state index contributed by atoms with van der Waals surface area (Å²) in [6, 6.07) is 0. The fraction of sp³-hybridized carbons (Fsp3) is 0.944. The van der Waals surface area contributed by atoms with Gasteiger partial charge in [0.25, 0.3) is 0 Å². The summed E-state index contributed by atoms with van der Waals surface area (Å²) in [4.78, 5) is 11.0. The second-order valence-electron chi connectivity index (χ2n) is 7.99. The van der Waals surface area contributed by atoms with E-state index in [0.29, 0.717) is 6.54 Å². The molecule has 0 spiro atoms. The first-order valence-electron chi connectivity index (χ1n) is 9.77. The smallest absolute Gasteiger partial charge is 0.222 e. The monoisotopic (exact) mass is 393 g/mol. The summed E-state index contributed by atoms with van der Waals surface area (Å²) < 4.78 is 27.7. The molecule has 0 rings (SSSR count). The quantitative estimate of drug-likeness (QED) is 0.230. The fourth-order valence-electron chi connectivity index (χ4n) is 2.83. The van der Waals surface area contributed by atoms with Crippen LogP contribution in [-0.4, -0.2) is 58.0 Å². The van der Waals surface area contributed by atoms with Crippen LogP contribution in [0.25, 0.3) is 0 Å². The predicted molar refractivity (Wildman–Crippen MR) is 104 cm³/mol. The summed E-state index contributed by atoms with van der Waals surface area (Å²) in [5.41, 5.74) is 6.01. The molecule has 0 bridgehead atoms. The van der Waals surface area contributed by atoms with Gasteiger partial charge in [0.05, 0.1) is 21.1 Å². The number of sulfonamides is 1. The molecule has 156 valence electrons. The Labute approximate surface area is 160 Å². The van der Waals surface area contributed by atoms with Crippen molar-refractivity contribution in [2.75, 3.05) is 27.7 Å². The van der Waals surface area contributed by atoms with Gasteiger partial charge in [-0.05, 0) is 6.42 Å². The van der Waals surface area contributed by atoms with Crippen LogP contribution in [0.1, 0.15) is 71.1 Å². The van der Waals surface area contributed by atoms with E-state index in [2.05, 4.69) is 11.6 Å². The molecule has 0 aliphatic heterocycles. The molecule has 0 heterocycles. The lowest BCUT2D eigenvalue weighted by Crippen LogP contribution is -2.61. The molecule has 7 nitrogen and oxygen atoms in total. The van der Waals surface area contributed by atoms with E-state index in [-0.39, 0.29) is 4.48 Å². The maximum atomic E-state index is 12.5. The number of quaternary nitrogens is 1. The number of unbranched alkanes of at least 4 members (excludes halogenated alkanes) is 8. The van der Waals surface area contributed by atoms with Crippen molar-refractivity contribution in [1.82, 2.24) is 4.72 Å². The van der Waals surface area contributed by atoms with Crippen molar-refractivity contribution >= 4 is 16.0 Å². The van der Waals surface area contributed by atoms with E-state index in [0.717, 1.165) is 19.3 Å². The molecule has 2 atom stereocenters. The van der Waals surface area contributed by atoms with Crippen molar-refractivity contribution in [3.05, 3.63) is 0 Å². The lowest BCUT2D eigenvalue weighted by atomic mass is 10.1. The van der Waals surface area contributed by atoms with Crippen LogP contribution < -0.4 is 15.6 Å². The van der Waals surface area contributed by atoms with Crippen molar-refractivity contribution in [3.8, 4) is 0 Å². The Kier molecular flexibility index (Phi) is 12.3. The van der Waals surface area contributed by atoms with Crippen LogP contribution in [0.4, 0.5) is 0 Å². The zero-order chi connectivity index (χ0) is 20.2. The fourth-order valence-corrected chi connectivity index (χ4v) is 4.56. The van der Waals surface area contributed by atoms with Crippen LogP contribution >= 0.6 is 0 Å². The molecule has 0 fully saturated rings. The Bertz CT molecular complexity index is 489. The van der Waals surface area contributed by atoms with E-state index in [9.17, 15) is 18.3 Å². The summed E-state index contributed by atoms with van der Waals surface area (Å²) in [5, 5.41) is 9.75. The van der Waals surface area contributed by atoms with Gasteiger partial charge in [-0.3, -0.25) is 5.73 Å². The number of carbonyl (C=O) groups is 1. The molecule has 0 saturated heterocycles. The number of hydrogen-bond acceptors (Lipinski definition) is 5. The zero-order valence-electron chi connectivity index (χ0n) is 17.0. The van der Waals surface area contributed by atoms with Crippen molar-refractivity contribution < 1.29 is 22.8 Å².